The maximum atomic E-state index is 12.1. The molecule has 0 aliphatic rings. The van der Waals surface area contributed by atoms with E-state index >= 15 is 0 Å². The Morgan fingerprint density at radius 2 is 1.88 bits per heavy atom. The van der Waals surface area contributed by atoms with Gasteiger partial charge in [0.05, 0.1) is 10.6 Å². The fourth-order valence-corrected chi connectivity index (χ4v) is 2.38. The van der Waals surface area contributed by atoms with Crippen molar-refractivity contribution in [1.82, 2.24) is 10.3 Å². The second kappa shape index (κ2) is 8.83. The zero-order valence-electron chi connectivity index (χ0n) is 13.8. The predicted molar refractivity (Wildman–Crippen MR) is 97.0 cm³/mol. The van der Waals surface area contributed by atoms with Gasteiger partial charge in [-0.05, 0) is 24.5 Å². The molecule has 2 rings (SSSR count). The number of benzene rings is 1. The number of pyridine rings is 1. The van der Waals surface area contributed by atoms with E-state index in [0.717, 1.165) is 5.56 Å². The van der Waals surface area contributed by atoms with Crippen LogP contribution >= 0.6 is 23.2 Å². The molecule has 2 aromatic rings. The van der Waals surface area contributed by atoms with E-state index in [4.69, 9.17) is 27.9 Å². The van der Waals surface area contributed by atoms with Gasteiger partial charge < -0.3 is 10.1 Å². The maximum absolute atomic E-state index is 12.1. The van der Waals surface area contributed by atoms with Gasteiger partial charge in [-0.3, -0.25) is 4.79 Å². The summed E-state index contributed by atoms with van der Waals surface area (Å²) in [6, 6.07) is 11.2. The number of nitrogens with zero attached hydrogens (tertiary/aromatic N) is 1. The fraction of sp³-hybridized carbons (Fsp3) is 0.278. The highest BCUT2D eigenvalue weighted by Crippen LogP contribution is 2.20. The molecule has 0 fully saturated rings. The summed E-state index contributed by atoms with van der Waals surface area (Å²) in [6.07, 6.45) is 0.309. The lowest BCUT2D eigenvalue weighted by Crippen LogP contribution is -2.37. The van der Waals surface area contributed by atoms with Crippen molar-refractivity contribution in [3.63, 3.8) is 0 Å². The monoisotopic (exact) mass is 380 g/mol. The molecule has 0 spiro atoms. The van der Waals surface area contributed by atoms with Crippen LogP contribution in [0.5, 0.6) is 0 Å². The molecule has 0 radical (unpaired) electrons. The summed E-state index contributed by atoms with van der Waals surface area (Å²) in [5, 5.41) is 3.02. The molecule has 1 N–H and O–H groups in total. The SMILES string of the molecule is C[C@@H](OC(=O)c1cnc(Cl)c(Cl)c1)C(=O)NC[C@H](C)c1ccccc1. The minimum Gasteiger partial charge on any atom is -0.449 e. The smallest absolute Gasteiger partial charge is 0.340 e. The van der Waals surface area contributed by atoms with E-state index in [1.807, 2.05) is 37.3 Å². The summed E-state index contributed by atoms with van der Waals surface area (Å²) < 4.78 is 5.14. The van der Waals surface area contributed by atoms with E-state index in [1.165, 1.54) is 19.2 Å². The number of ether oxygens (including phenoxy) is 1. The zero-order valence-corrected chi connectivity index (χ0v) is 15.3. The number of hydrogen-bond donors (Lipinski definition) is 1. The third-order valence-electron chi connectivity index (χ3n) is 3.64. The Labute approximate surface area is 156 Å². The van der Waals surface area contributed by atoms with E-state index in [2.05, 4.69) is 10.3 Å². The number of aromatic nitrogens is 1. The summed E-state index contributed by atoms with van der Waals surface area (Å²) in [5.41, 5.74) is 1.25. The molecule has 1 amide bonds. The van der Waals surface area contributed by atoms with Gasteiger partial charge >= 0.3 is 5.97 Å². The third-order valence-corrected chi connectivity index (χ3v) is 4.32. The summed E-state index contributed by atoms with van der Waals surface area (Å²) in [5.74, 6) is -0.915. The van der Waals surface area contributed by atoms with Gasteiger partial charge in [-0.2, -0.15) is 0 Å². The van der Waals surface area contributed by atoms with Crippen molar-refractivity contribution >= 4 is 35.1 Å². The number of rotatable bonds is 6. The highest BCUT2D eigenvalue weighted by Gasteiger charge is 2.20. The van der Waals surface area contributed by atoms with Crippen LogP contribution < -0.4 is 5.32 Å². The van der Waals surface area contributed by atoms with Gasteiger partial charge in [0, 0.05) is 12.7 Å². The first-order valence-electron chi connectivity index (χ1n) is 7.73. The number of nitrogens with one attached hydrogen (secondary N) is 1. The first-order valence-corrected chi connectivity index (χ1v) is 8.48. The number of carbonyl (C=O) groups excluding carboxylic acids is 2. The van der Waals surface area contributed by atoms with Crippen LogP contribution in [-0.4, -0.2) is 29.5 Å². The minimum atomic E-state index is -0.940. The van der Waals surface area contributed by atoms with Crippen molar-refractivity contribution in [3.05, 3.63) is 63.9 Å². The van der Waals surface area contributed by atoms with Gasteiger partial charge in [0.25, 0.3) is 5.91 Å². The van der Waals surface area contributed by atoms with Gasteiger partial charge in [0.15, 0.2) is 6.10 Å². The Morgan fingerprint density at radius 1 is 1.20 bits per heavy atom. The highest BCUT2D eigenvalue weighted by molar-refractivity contribution is 6.41. The predicted octanol–water partition coefficient (Wildman–Crippen LogP) is 3.85. The largest absolute Gasteiger partial charge is 0.449 e. The van der Waals surface area contributed by atoms with Gasteiger partial charge in [0.1, 0.15) is 5.15 Å². The number of halogens is 2. The normalized spacial score (nSPS) is 13.0. The van der Waals surface area contributed by atoms with Crippen molar-refractivity contribution in [2.75, 3.05) is 6.54 Å². The lowest BCUT2D eigenvalue weighted by molar-refractivity contribution is -0.129. The molecule has 7 heteroatoms. The van der Waals surface area contributed by atoms with Crippen LogP contribution in [0.2, 0.25) is 10.2 Å². The van der Waals surface area contributed by atoms with Gasteiger partial charge in [-0.1, -0.05) is 60.5 Å². The zero-order chi connectivity index (χ0) is 18.4. The molecule has 0 unspecified atom stereocenters. The van der Waals surface area contributed by atoms with Crippen LogP contribution in [0.3, 0.4) is 0 Å². The first kappa shape index (κ1) is 19.2. The molecular weight excluding hydrogens is 363 g/mol. The van der Waals surface area contributed by atoms with E-state index in [-0.39, 0.29) is 27.6 Å². The van der Waals surface area contributed by atoms with Gasteiger partial charge in [0.2, 0.25) is 0 Å². The van der Waals surface area contributed by atoms with E-state index < -0.39 is 12.1 Å². The topological polar surface area (TPSA) is 68.3 Å². The molecule has 5 nitrogen and oxygen atoms in total. The Kier molecular flexibility index (Phi) is 6.79. The quantitative estimate of drug-likeness (QED) is 0.610. The molecule has 1 aromatic carbocycles. The first-order chi connectivity index (χ1) is 11.9. The molecular formula is C18H18Cl2N2O3. The molecule has 0 saturated carbocycles. The Balaban J connectivity index is 1.87. The van der Waals surface area contributed by atoms with Crippen molar-refractivity contribution in [1.29, 1.82) is 0 Å². The van der Waals surface area contributed by atoms with Crippen molar-refractivity contribution < 1.29 is 14.3 Å². The second-order valence-corrected chi connectivity index (χ2v) is 6.37. The van der Waals surface area contributed by atoms with Crippen molar-refractivity contribution in [2.24, 2.45) is 0 Å². The van der Waals surface area contributed by atoms with Crippen LogP contribution in [0.25, 0.3) is 0 Å². The standard InChI is InChI=1S/C18H18Cl2N2O3/c1-11(13-6-4-3-5-7-13)9-22-17(23)12(2)25-18(24)14-8-15(19)16(20)21-10-14/h3-8,10-12H,9H2,1-2H3,(H,22,23)/t11-,12+/m0/s1. The van der Waals surface area contributed by atoms with Gasteiger partial charge in [-0.15, -0.1) is 0 Å². The van der Waals surface area contributed by atoms with Crippen molar-refractivity contribution in [2.45, 2.75) is 25.9 Å². The molecule has 0 bridgehead atoms. The number of amides is 1. The highest BCUT2D eigenvalue weighted by atomic mass is 35.5. The lowest BCUT2D eigenvalue weighted by atomic mass is 10.0. The van der Waals surface area contributed by atoms with Crippen LogP contribution in [0.15, 0.2) is 42.6 Å². The molecule has 0 saturated heterocycles. The molecule has 0 aliphatic heterocycles. The molecule has 1 aromatic heterocycles. The molecule has 25 heavy (non-hydrogen) atoms. The summed E-state index contributed by atoms with van der Waals surface area (Å²) >= 11 is 11.5. The number of hydrogen-bond acceptors (Lipinski definition) is 4. The van der Waals surface area contributed by atoms with E-state index in [0.29, 0.717) is 6.54 Å². The minimum absolute atomic E-state index is 0.0962. The van der Waals surface area contributed by atoms with Crippen molar-refractivity contribution in [3.8, 4) is 0 Å². The molecule has 132 valence electrons. The van der Waals surface area contributed by atoms with E-state index in [9.17, 15) is 9.59 Å². The fourth-order valence-electron chi connectivity index (χ4n) is 2.11. The third kappa shape index (κ3) is 5.44. The van der Waals surface area contributed by atoms with Crippen LogP contribution in [-0.2, 0) is 9.53 Å². The Hall–Kier alpha value is -2.11. The Bertz CT molecular complexity index is 753. The van der Waals surface area contributed by atoms with Crippen LogP contribution in [0.4, 0.5) is 0 Å². The van der Waals surface area contributed by atoms with Crippen LogP contribution in [0.1, 0.15) is 35.7 Å². The average molecular weight is 381 g/mol. The lowest BCUT2D eigenvalue weighted by Gasteiger charge is -2.16. The van der Waals surface area contributed by atoms with E-state index in [1.54, 1.807) is 0 Å². The number of carbonyl (C=O) groups is 2. The summed E-state index contributed by atoms with van der Waals surface area (Å²) in [6.45, 7) is 3.96. The summed E-state index contributed by atoms with van der Waals surface area (Å²) in [7, 11) is 0. The summed E-state index contributed by atoms with van der Waals surface area (Å²) in [4.78, 5) is 27.9. The maximum Gasteiger partial charge on any atom is 0.340 e. The van der Waals surface area contributed by atoms with Crippen LogP contribution in [0, 0.1) is 0 Å². The second-order valence-electron chi connectivity index (χ2n) is 5.60. The molecule has 1 heterocycles. The molecule has 2 atom stereocenters. The number of esters is 1. The molecule has 0 aliphatic carbocycles. The van der Waals surface area contributed by atoms with Gasteiger partial charge in [-0.25, -0.2) is 9.78 Å². The average Bonchev–Trinajstić information content (AvgIpc) is 2.62. The Morgan fingerprint density at radius 3 is 2.52 bits per heavy atom.